The average molecular weight is 433 g/mol. The minimum Gasteiger partial charge on any atom is -0.381 e. The number of hydrogen-bond acceptors (Lipinski definition) is 7. The number of nitriles is 1. The lowest BCUT2D eigenvalue weighted by molar-refractivity contribution is -0.0408. The lowest BCUT2D eigenvalue weighted by Crippen LogP contribution is -2.31. The predicted octanol–water partition coefficient (Wildman–Crippen LogP) is 3.88. The molecule has 4 heterocycles. The number of hydrogen-bond donors (Lipinski definition) is 1. The molecule has 1 saturated heterocycles. The largest absolute Gasteiger partial charge is 0.381 e. The van der Waals surface area contributed by atoms with Crippen LogP contribution < -0.4 is 5.32 Å². The van der Waals surface area contributed by atoms with Gasteiger partial charge in [0.05, 0.1) is 55.5 Å². The van der Waals surface area contributed by atoms with Crippen LogP contribution in [-0.4, -0.2) is 42.7 Å². The van der Waals surface area contributed by atoms with E-state index in [1.165, 1.54) is 25.7 Å². The molecule has 2 fully saturated rings. The van der Waals surface area contributed by atoms with Crippen molar-refractivity contribution in [1.29, 1.82) is 5.26 Å². The van der Waals surface area contributed by atoms with Gasteiger partial charge in [-0.05, 0) is 31.2 Å². The molecule has 2 aliphatic rings. The number of nitrogens with one attached hydrogen (secondary N) is 1. The molecule has 0 spiro atoms. The van der Waals surface area contributed by atoms with Crippen LogP contribution in [0.2, 0.25) is 0 Å². The predicted molar refractivity (Wildman–Crippen MR) is 119 cm³/mol. The molecule has 0 amide bonds. The third-order valence-electron chi connectivity index (χ3n) is 6.47. The highest BCUT2D eigenvalue weighted by atomic mass is 16.5. The van der Waals surface area contributed by atoms with Gasteiger partial charge in [0.1, 0.15) is 0 Å². The van der Waals surface area contributed by atoms with Crippen LogP contribution in [0.4, 0.5) is 11.6 Å². The van der Waals surface area contributed by atoms with Gasteiger partial charge in [-0.1, -0.05) is 12.8 Å². The highest BCUT2D eigenvalue weighted by molar-refractivity contribution is 5.63. The van der Waals surface area contributed by atoms with E-state index in [2.05, 4.69) is 26.6 Å². The van der Waals surface area contributed by atoms with Gasteiger partial charge in [0, 0.05) is 36.6 Å². The Balaban J connectivity index is 1.33. The Morgan fingerprint density at radius 3 is 2.78 bits per heavy atom. The van der Waals surface area contributed by atoms with E-state index in [0.29, 0.717) is 24.2 Å². The maximum absolute atomic E-state index is 9.34. The van der Waals surface area contributed by atoms with E-state index < -0.39 is 0 Å². The highest BCUT2D eigenvalue weighted by Crippen LogP contribution is 2.36. The summed E-state index contributed by atoms with van der Waals surface area (Å²) in [5.74, 6) is 1.58. The molecule has 9 nitrogen and oxygen atoms in total. The van der Waals surface area contributed by atoms with E-state index in [1.54, 1.807) is 6.20 Å². The number of aryl methyl sites for hydroxylation is 1. The fourth-order valence-corrected chi connectivity index (χ4v) is 4.66. The van der Waals surface area contributed by atoms with Gasteiger partial charge in [-0.2, -0.15) is 15.5 Å². The first-order valence-corrected chi connectivity index (χ1v) is 11.3. The van der Waals surface area contributed by atoms with Crippen LogP contribution in [0.25, 0.3) is 11.3 Å². The Morgan fingerprint density at radius 2 is 2.03 bits per heavy atom. The number of rotatable bonds is 8. The SMILES string of the molecule is Cc1cnc(Nc2cnn(CC3COC3)c2)nc1-c1cnn([C@H](CC#N)C2CCCC2)c1. The zero-order valence-corrected chi connectivity index (χ0v) is 18.3. The molecule has 1 N–H and O–H groups in total. The Hall–Kier alpha value is -3.25. The summed E-state index contributed by atoms with van der Waals surface area (Å²) < 4.78 is 9.13. The molecule has 166 valence electrons. The van der Waals surface area contributed by atoms with Crippen molar-refractivity contribution in [1.82, 2.24) is 29.5 Å². The van der Waals surface area contributed by atoms with Crippen LogP contribution in [0, 0.1) is 30.1 Å². The molecule has 3 aromatic heterocycles. The van der Waals surface area contributed by atoms with E-state index in [0.717, 1.165) is 42.3 Å². The number of ether oxygens (including phenoxy) is 1. The third-order valence-corrected chi connectivity index (χ3v) is 6.47. The molecule has 0 unspecified atom stereocenters. The maximum Gasteiger partial charge on any atom is 0.227 e. The summed E-state index contributed by atoms with van der Waals surface area (Å²) in [7, 11) is 0. The molecule has 1 aliphatic heterocycles. The summed E-state index contributed by atoms with van der Waals surface area (Å²) in [6.07, 6.45) is 14.8. The zero-order valence-electron chi connectivity index (χ0n) is 18.3. The second-order valence-electron chi connectivity index (χ2n) is 8.89. The normalized spacial score (nSPS) is 17.8. The molecule has 1 saturated carbocycles. The minimum absolute atomic E-state index is 0.128. The summed E-state index contributed by atoms with van der Waals surface area (Å²) >= 11 is 0. The number of aromatic nitrogens is 6. The Bertz CT molecular complexity index is 1100. The van der Waals surface area contributed by atoms with Crippen LogP contribution in [0.15, 0.2) is 31.0 Å². The van der Waals surface area contributed by atoms with Crippen molar-refractivity contribution in [3.8, 4) is 17.3 Å². The van der Waals surface area contributed by atoms with Crippen molar-refractivity contribution in [2.45, 2.75) is 51.6 Å². The van der Waals surface area contributed by atoms with Crippen molar-refractivity contribution in [3.63, 3.8) is 0 Å². The standard InChI is InChI=1S/C23H28N8O/c1-16-8-25-23(28-20-10-26-30(13-20)11-17-14-32-15-17)29-22(16)19-9-27-31(12-19)21(6-7-24)18-4-2-3-5-18/h8-10,12-13,17-18,21H,2-6,11,14-15H2,1H3,(H,25,28,29)/t21-/m1/s1. The van der Waals surface area contributed by atoms with Crippen molar-refractivity contribution in [3.05, 3.63) is 36.5 Å². The van der Waals surface area contributed by atoms with Gasteiger partial charge in [0.2, 0.25) is 5.95 Å². The van der Waals surface area contributed by atoms with Gasteiger partial charge in [0.15, 0.2) is 0 Å². The summed E-state index contributed by atoms with van der Waals surface area (Å²) in [5, 5.41) is 21.6. The quantitative estimate of drug-likeness (QED) is 0.576. The van der Waals surface area contributed by atoms with Gasteiger partial charge in [0.25, 0.3) is 0 Å². The molecule has 0 radical (unpaired) electrons. The lowest BCUT2D eigenvalue weighted by Gasteiger charge is -2.25. The van der Waals surface area contributed by atoms with Crippen LogP contribution in [-0.2, 0) is 11.3 Å². The Morgan fingerprint density at radius 1 is 1.19 bits per heavy atom. The van der Waals surface area contributed by atoms with E-state index >= 15 is 0 Å². The molecule has 0 bridgehead atoms. The first-order chi connectivity index (χ1) is 15.7. The maximum atomic E-state index is 9.34. The summed E-state index contributed by atoms with van der Waals surface area (Å²) in [6, 6.07) is 2.48. The van der Waals surface area contributed by atoms with E-state index in [9.17, 15) is 5.26 Å². The van der Waals surface area contributed by atoms with Gasteiger partial charge >= 0.3 is 0 Å². The van der Waals surface area contributed by atoms with Gasteiger partial charge in [-0.3, -0.25) is 9.36 Å². The molecule has 5 rings (SSSR count). The smallest absolute Gasteiger partial charge is 0.227 e. The van der Waals surface area contributed by atoms with Gasteiger partial charge in [-0.15, -0.1) is 0 Å². The molecule has 3 aromatic rings. The van der Waals surface area contributed by atoms with Gasteiger partial charge < -0.3 is 10.1 Å². The Kier molecular flexibility index (Phi) is 5.86. The first kappa shape index (κ1) is 20.6. The van der Waals surface area contributed by atoms with Crippen LogP contribution >= 0.6 is 0 Å². The summed E-state index contributed by atoms with van der Waals surface area (Å²) in [5.41, 5.74) is 3.61. The monoisotopic (exact) mass is 432 g/mol. The van der Waals surface area contributed by atoms with E-state index in [-0.39, 0.29) is 6.04 Å². The van der Waals surface area contributed by atoms with Crippen molar-refractivity contribution in [2.75, 3.05) is 18.5 Å². The summed E-state index contributed by atoms with van der Waals surface area (Å²) in [4.78, 5) is 9.20. The van der Waals surface area contributed by atoms with Crippen LogP contribution in [0.3, 0.4) is 0 Å². The lowest BCUT2D eigenvalue weighted by atomic mass is 9.96. The second-order valence-corrected chi connectivity index (χ2v) is 8.89. The second kappa shape index (κ2) is 9.09. The van der Waals surface area contributed by atoms with Crippen molar-refractivity contribution in [2.24, 2.45) is 11.8 Å². The molecule has 0 aromatic carbocycles. The molecular weight excluding hydrogens is 404 g/mol. The topological polar surface area (TPSA) is 106 Å². The number of anilines is 2. The zero-order chi connectivity index (χ0) is 21.9. The van der Waals surface area contributed by atoms with Crippen molar-refractivity contribution < 1.29 is 4.74 Å². The number of nitrogens with zero attached hydrogens (tertiary/aromatic N) is 7. The molecular formula is C23H28N8O. The van der Waals surface area contributed by atoms with Crippen LogP contribution in [0.5, 0.6) is 0 Å². The van der Waals surface area contributed by atoms with Crippen molar-refractivity contribution >= 4 is 11.6 Å². The van der Waals surface area contributed by atoms with Crippen LogP contribution in [0.1, 0.15) is 43.7 Å². The first-order valence-electron chi connectivity index (χ1n) is 11.3. The highest BCUT2D eigenvalue weighted by Gasteiger charge is 2.27. The molecule has 1 atom stereocenters. The van der Waals surface area contributed by atoms with Gasteiger partial charge in [-0.25, -0.2) is 9.97 Å². The molecule has 1 aliphatic carbocycles. The van der Waals surface area contributed by atoms with E-state index in [4.69, 9.17) is 9.72 Å². The molecule has 32 heavy (non-hydrogen) atoms. The fraction of sp³-hybridized carbons (Fsp3) is 0.522. The fourth-order valence-electron chi connectivity index (χ4n) is 4.66. The average Bonchev–Trinajstić information content (AvgIpc) is 3.53. The molecule has 9 heteroatoms. The Labute approximate surface area is 187 Å². The summed E-state index contributed by atoms with van der Waals surface area (Å²) in [6.45, 7) is 4.46. The third kappa shape index (κ3) is 4.36. The van der Waals surface area contributed by atoms with E-state index in [1.807, 2.05) is 41.1 Å². The minimum atomic E-state index is 0.128.